The van der Waals surface area contributed by atoms with Gasteiger partial charge in [-0.1, -0.05) is 34.8 Å². The van der Waals surface area contributed by atoms with E-state index in [9.17, 15) is 9.59 Å². The van der Waals surface area contributed by atoms with Gasteiger partial charge < -0.3 is 5.32 Å². The number of hydrogen-bond acceptors (Lipinski definition) is 3. The van der Waals surface area contributed by atoms with Crippen molar-refractivity contribution in [3.05, 3.63) is 85.7 Å². The van der Waals surface area contributed by atoms with Crippen LogP contribution >= 0.6 is 34.8 Å². The van der Waals surface area contributed by atoms with Crippen molar-refractivity contribution < 1.29 is 4.79 Å². The minimum absolute atomic E-state index is 0.270. The van der Waals surface area contributed by atoms with Crippen molar-refractivity contribution in [2.45, 2.75) is 0 Å². The predicted octanol–water partition coefficient (Wildman–Crippen LogP) is 4.45. The molecule has 1 amide bonds. The van der Waals surface area contributed by atoms with Crippen LogP contribution in [0.25, 0.3) is 5.69 Å². The molecule has 0 spiro atoms. The Kier molecular flexibility index (Phi) is 5.08. The van der Waals surface area contributed by atoms with Crippen LogP contribution in [-0.2, 0) is 0 Å². The van der Waals surface area contributed by atoms with Crippen molar-refractivity contribution in [3.8, 4) is 5.69 Å². The van der Waals surface area contributed by atoms with Crippen molar-refractivity contribution in [1.29, 1.82) is 0 Å². The van der Waals surface area contributed by atoms with Crippen LogP contribution in [0, 0.1) is 0 Å². The van der Waals surface area contributed by atoms with E-state index in [0.717, 1.165) is 0 Å². The lowest BCUT2D eigenvalue weighted by Gasteiger charge is -2.09. The van der Waals surface area contributed by atoms with Gasteiger partial charge in [0.25, 0.3) is 5.91 Å². The lowest BCUT2D eigenvalue weighted by atomic mass is 10.3. The first-order valence-electron chi connectivity index (χ1n) is 7.06. The summed E-state index contributed by atoms with van der Waals surface area (Å²) in [6, 6.07) is 12.7. The molecule has 0 aliphatic heterocycles. The number of carbonyl (C=O) groups is 1. The number of anilines is 1. The molecule has 0 bridgehead atoms. The summed E-state index contributed by atoms with van der Waals surface area (Å²) < 4.78 is 1.41. The van der Waals surface area contributed by atoms with Crippen molar-refractivity contribution in [3.63, 3.8) is 0 Å². The highest BCUT2D eigenvalue weighted by molar-refractivity contribution is 6.35. The van der Waals surface area contributed by atoms with Crippen molar-refractivity contribution in [2.75, 3.05) is 5.32 Å². The van der Waals surface area contributed by atoms with Crippen LogP contribution in [0.2, 0.25) is 15.1 Å². The molecular weight excluding hydrogens is 385 g/mol. The van der Waals surface area contributed by atoms with E-state index in [-0.39, 0.29) is 5.69 Å². The maximum atomic E-state index is 12.4. The number of rotatable bonds is 3. The molecule has 0 saturated heterocycles. The standard InChI is InChI=1S/C17H10Cl3N3O2/c18-10-1-4-12(5-2-10)23-8-7-15(24)16(22-23)17(25)21-14-9-11(19)3-6-13(14)20/h1-9H,(H,21,25). The molecule has 5 nitrogen and oxygen atoms in total. The van der Waals surface area contributed by atoms with Crippen molar-refractivity contribution >= 4 is 46.4 Å². The maximum Gasteiger partial charge on any atom is 0.280 e. The summed E-state index contributed by atoms with van der Waals surface area (Å²) >= 11 is 17.8. The highest BCUT2D eigenvalue weighted by Crippen LogP contribution is 2.25. The van der Waals surface area contributed by atoms with E-state index in [4.69, 9.17) is 34.8 Å². The van der Waals surface area contributed by atoms with E-state index in [2.05, 4.69) is 10.4 Å². The van der Waals surface area contributed by atoms with E-state index < -0.39 is 11.3 Å². The van der Waals surface area contributed by atoms with Gasteiger partial charge in [-0.05, 0) is 42.5 Å². The molecular formula is C17H10Cl3N3O2. The van der Waals surface area contributed by atoms with E-state index >= 15 is 0 Å². The lowest BCUT2D eigenvalue weighted by molar-refractivity contribution is 0.101. The van der Waals surface area contributed by atoms with Crippen LogP contribution < -0.4 is 10.7 Å². The molecule has 126 valence electrons. The second kappa shape index (κ2) is 7.27. The molecule has 0 atom stereocenters. The topological polar surface area (TPSA) is 64.0 Å². The van der Waals surface area contributed by atoms with Gasteiger partial charge in [0.1, 0.15) is 0 Å². The van der Waals surface area contributed by atoms with Gasteiger partial charge in [-0.3, -0.25) is 9.59 Å². The Morgan fingerprint density at radius 2 is 1.64 bits per heavy atom. The summed E-state index contributed by atoms with van der Waals surface area (Å²) in [6.45, 7) is 0. The maximum absolute atomic E-state index is 12.4. The third kappa shape index (κ3) is 4.02. The minimum Gasteiger partial charge on any atom is -0.319 e. The highest BCUT2D eigenvalue weighted by Gasteiger charge is 2.15. The first kappa shape index (κ1) is 17.5. The summed E-state index contributed by atoms with van der Waals surface area (Å²) in [5, 5.41) is 7.90. The molecule has 8 heteroatoms. The van der Waals surface area contributed by atoms with E-state index in [1.165, 1.54) is 23.0 Å². The molecule has 2 aromatic carbocycles. The summed E-state index contributed by atoms with van der Waals surface area (Å²) in [7, 11) is 0. The number of amides is 1. The molecule has 0 radical (unpaired) electrons. The van der Waals surface area contributed by atoms with Crippen LogP contribution in [0.4, 0.5) is 5.69 Å². The van der Waals surface area contributed by atoms with Crippen LogP contribution in [-0.4, -0.2) is 15.7 Å². The third-order valence-corrected chi connectivity index (χ3v) is 4.11. The number of hydrogen-bond donors (Lipinski definition) is 1. The van der Waals surface area contributed by atoms with Gasteiger partial charge in [-0.2, -0.15) is 5.10 Å². The summed E-state index contributed by atoms with van der Waals surface area (Å²) in [5.74, 6) is -0.683. The summed E-state index contributed by atoms with van der Waals surface area (Å²) in [5.41, 5.74) is 0.163. The Bertz CT molecular complexity index is 1000. The molecule has 3 aromatic rings. The van der Waals surface area contributed by atoms with E-state index in [0.29, 0.717) is 26.4 Å². The second-order valence-corrected chi connectivity index (χ2v) is 6.31. The SMILES string of the molecule is O=C(Nc1cc(Cl)ccc1Cl)c1nn(-c2ccc(Cl)cc2)ccc1=O. The third-order valence-electron chi connectivity index (χ3n) is 3.29. The van der Waals surface area contributed by atoms with Gasteiger partial charge >= 0.3 is 0 Å². The number of benzene rings is 2. The average molecular weight is 395 g/mol. The first-order chi connectivity index (χ1) is 11.9. The summed E-state index contributed by atoms with van der Waals surface area (Å²) in [4.78, 5) is 24.4. The fraction of sp³-hybridized carbons (Fsp3) is 0. The normalized spacial score (nSPS) is 10.5. The first-order valence-corrected chi connectivity index (χ1v) is 8.20. The second-order valence-electron chi connectivity index (χ2n) is 5.03. The Balaban J connectivity index is 1.95. The molecule has 3 rings (SSSR count). The number of halogens is 3. The van der Waals surface area contributed by atoms with Crippen LogP contribution in [0.1, 0.15) is 10.5 Å². The fourth-order valence-corrected chi connectivity index (χ4v) is 2.54. The zero-order chi connectivity index (χ0) is 18.0. The van der Waals surface area contributed by atoms with Gasteiger partial charge in [0.2, 0.25) is 5.43 Å². The van der Waals surface area contributed by atoms with E-state index in [1.54, 1.807) is 36.4 Å². The van der Waals surface area contributed by atoms with Gasteiger partial charge in [0.15, 0.2) is 5.69 Å². The quantitative estimate of drug-likeness (QED) is 0.714. The van der Waals surface area contributed by atoms with Gasteiger partial charge in [-0.25, -0.2) is 4.68 Å². The average Bonchev–Trinajstić information content (AvgIpc) is 2.59. The highest BCUT2D eigenvalue weighted by atomic mass is 35.5. The Labute approximate surface area is 157 Å². The predicted molar refractivity (Wildman–Crippen MR) is 99.3 cm³/mol. The molecule has 0 fully saturated rings. The Hall–Kier alpha value is -2.34. The Morgan fingerprint density at radius 1 is 0.960 bits per heavy atom. The molecule has 0 unspecified atom stereocenters. The summed E-state index contributed by atoms with van der Waals surface area (Å²) in [6.07, 6.45) is 1.47. The number of nitrogens with one attached hydrogen (secondary N) is 1. The van der Waals surface area contributed by atoms with Gasteiger partial charge in [-0.15, -0.1) is 0 Å². The molecule has 1 N–H and O–H groups in total. The minimum atomic E-state index is -0.683. The van der Waals surface area contributed by atoms with Gasteiger partial charge in [0.05, 0.1) is 16.4 Å². The Morgan fingerprint density at radius 3 is 2.36 bits per heavy atom. The lowest BCUT2D eigenvalue weighted by Crippen LogP contribution is -2.25. The van der Waals surface area contributed by atoms with Crippen LogP contribution in [0.5, 0.6) is 0 Å². The zero-order valence-electron chi connectivity index (χ0n) is 12.5. The fourth-order valence-electron chi connectivity index (χ4n) is 2.08. The molecule has 25 heavy (non-hydrogen) atoms. The molecule has 1 heterocycles. The van der Waals surface area contributed by atoms with Crippen LogP contribution in [0.3, 0.4) is 0 Å². The largest absolute Gasteiger partial charge is 0.319 e. The van der Waals surface area contributed by atoms with Crippen molar-refractivity contribution in [2.24, 2.45) is 0 Å². The molecule has 0 aliphatic carbocycles. The number of carbonyl (C=O) groups excluding carboxylic acids is 1. The zero-order valence-corrected chi connectivity index (χ0v) is 14.8. The van der Waals surface area contributed by atoms with Crippen LogP contribution in [0.15, 0.2) is 59.5 Å². The molecule has 0 saturated carbocycles. The smallest absolute Gasteiger partial charge is 0.280 e. The number of nitrogens with zero attached hydrogens (tertiary/aromatic N) is 2. The van der Waals surface area contributed by atoms with E-state index in [1.807, 2.05) is 0 Å². The monoisotopic (exact) mass is 393 g/mol. The number of aromatic nitrogens is 2. The molecule has 0 aliphatic rings. The van der Waals surface area contributed by atoms with Crippen molar-refractivity contribution in [1.82, 2.24) is 9.78 Å². The van der Waals surface area contributed by atoms with Gasteiger partial charge in [0, 0.05) is 22.3 Å². The molecule has 1 aromatic heterocycles.